The van der Waals surface area contributed by atoms with Crippen molar-refractivity contribution in [3.8, 4) is 5.75 Å². The first kappa shape index (κ1) is 15.5. The molecule has 0 saturated carbocycles. The lowest BCUT2D eigenvalue weighted by Gasteiger charge is -2.10. The van der Waals surface area contributed by atoms with E-state index in [1.807, 2.05) is 13.0 Å². The fourth-order valence-electron chi connectivity index (χ4n) is 1.50. The minimum absolute atomic E-state index is 0.0589. The number of aryl methyl sites for hydroxylation is 1. The molecule has 1 aromatic rings. The fourth-order valence-corrected chi connectivity index (χ4v) is 2.33. The summed E-state index contributed by atoms with van der Waals surface area (Å²) in [5.41, 5.74) is 6.82. The lowest BCUT2D eigenvalue weighted by Crippen LogP contribution is -2.32. The molecule has 0 aliphatic rings. The Balaban J connectivity index is 2.79. The van der Waals surface area contributed by atoms with E-state index in [2.05, 4.69) is 0 Å². The average molecular weight is 283 g/mol. The van der Waals surface area contributed by atoms with Gasteiger partial charge in [0.1, 0.15) is 11.8 Å². The molecular weight excluding hydrogens is 266 g/mol. The molecule has 0 bridgehead atoms. The Labute approximate surface area is 116 Å². The second-order valence-electron chi connectivity index (χ2n) is 3.92. The fraction of sp³-hybridized carbons (Fsp3) is 0.385. The van der Waals surface area contributed by atoms with Crippen LogP contribution in [0.5, 0.6) is 5.75 Å². The Kier molecular flexibility index (Phi) is 5.85. The zero-order chi connectivity index (χ0) is 14.4. The number of hydrogen-bond donors (Lipinski definition) is 2. The molecule has 0 amide bonds. The van der Waals surface area contributed by atoms with Crippen LogP contribution < -0.4 is 10.5 Å². The summed E-state index contributed by atoms with van der Waals surface area (Å²) in [5.74, 6) is -0.352. The third-order valence-corrected chi connectivity index (χ3v) is 3.63. The minimum Gasteiger partial charge on any atom is -0.497 e. The Morgan fingerprint density at radius 1 is 1.47 bits per heavy atom. The van der Waals surface area contributed by atoms with Crippen molar-refractivity contribution < 1.29 is 19.4 Å². The topological polar surface area (TPSA) is 89.6 Å². The molecule has 1 unspecified atom stereocenters. The van der Waals surface area contributed by atoms with Gasteiger partial charge < -0.3 is 15.6 Å². The first-order chi connectivity index (χ1) is 8.99. The van der Waals surface area contributed by atoms with Gasteiger partial charge in [0.05, 0.1) is 7.11 Å². The molecule has 0 heterocycles. The van der Waals surface area contributed by atoms with E-state index < -0.39 is 12.0 Å². The highest BCUT2D eigenvalue weighted by molar-refractivity contribution is 8.14. The Hall–Kier alpha value is -1.53. The van der Waals surface area contributed by atoms with E-state index >= 15 is 0 Å². The van der Waals surface area contributed by atoms with E-state index in [9.17, 15) is 9.59 Å². The summed E-state index contributed by atoms with van der Waals surface area (Å²) in [6, 6.07) is 4.19. The average Bonchev–Trinajstić information content (AvgIpc) is 2.43. The molecule has 0 fully saturated rings. The SMILES string of the molecule is CCc1cc(OC)ccc1C(=O)SCC(N)C(=O)O. The summed E-state index contributed by atoms with van der Waals surface area (Å²) in [6.45, 7) is 1.94. The summed E-state index contributed by atoms with van der Waals surface area (Å²) in [7, 11) is 1.57. The van der Waals surface area contributed by atoms with Crippen LogP contribution in [-0.4, -0.2) is 35.1 Å². The van der Waals surface area contributed by atoms with Crippen molar-refractivity contribution in [1.29, 1.82) is 0 Å². The summed E-state index contributed by atoms with van der Waals surface area (Å²) in [4.78, 5) is 22.6. The van der Waals surface area contributed by atoms with Gasteiger partial charge in [0.15, 0.2) is 0 Å². The monoisotopic (exact) mass is 283 g/mol. The molecule has 1 rings (SSSR count). The second-order valence-corrected chi connectivity index (χ2v) is 4.91. The van der Waals surface area contributed by atoms with Gasteiger partial charge in [-0.2, -0.15) is 0 Å². The number of carboxylic acids is 1. The highest BCUT2D eigenvalue weighted by Gasteiger charge is 2.17. The maximum Gasteiger partial charge on any atom is 0.321 e. The van der Waals surface area contributed by atoms with E-state index in [-0.39, 0.29) is 10.9 Å². The molecule has 0 radical (unpaired) electrons. The van der Waals surface area contributed by atoms with Crippen molar-refractivity contribution in [2.45, 2.75) is 19.4 Å². The van der Waals surface area contributed by atoms with Crippen molar-refractivity contribution in [2.75, 3.05) is 12.9 Å². The van der Waals surface area contributed by atoms with Gasteiger partial charge in [0.25, 0.3) is 0 Å². The van der Waals surface area contributed by atoms with Crippen LogP contribution in [0.2, 0.25) is 0 Å². The number of methoxy groups -OCH3 is 1. The number of nitrogens with two attached hydrogens (primary N) is 1. The van der Waals surface area contributed by atoms with E-state index in [0.29, 0.717) is 17.7 Å². The van der Waals surface area contributed by atoms with Crippen LogP contribution in [0.15, 0.2) is 18.2 Å². The van der Waals surface area contributed by atoms with Crippen molar-refractivity contribution in [3.63, 3.8) is 0 Å². The molecule has 0 saturated heterocycles. The Morgan fingerprint density at radius 3 is 2.68 bits per heavy atom. The zero-order valence-corrected chi connectivity index (χ0v) is 11.7. The molecule has 0 aliphatic heterocycles. The largest absolute Gasteiger partial charge is 0.497 e. The molecule has 0 aliphatic carbocycles. The number of carboxylic acid groups (broad SMARTS) is 1. The Morgan fingerprint density at radius 2 is 2.16 bits per heavy atom. The number of ether oxygens (including phenoxy) is 1. The van der Waals surface area contributed by atoms with E-state index in [1.165, 1.54) is 0 Å². The van der Waals surface area contributed by atoms with Crippen LogP contribution in [0, 0.1) is 0 Å². The molecule has 0 spiro atoms. The molecule has 19 heavy (non-hydrogen) atoms. The van der Waals surface area contributed by atoms with Crippen LogP contribution in [0.25, 0.3) is 0 Å². The number of rotatable bonds is 6. The summed E-state index contributed by atoms with van der Waals surface area (Å²) in [5, 5.41) is 8.50. The maximum absolute atomic E-state index is 12.0. The first-order valence-corrected chi connectivity index (χ1v) is 6.80. The molecule has 3 N–H and O–H groups in total. The van der Waals surface area contributed by atoms with Gasteiger partial charge in [-0.25, -0.2) is 0 Å². The third-order valence-electron chi connectivity index (χ3n) is 2.62. The number of hydrogen-bond acceptors (Lipinski definition) is 5. The van der Waals surface area contributed by atoms with Gasteiger partial charge in [-0.3, -0.25) is 9.59 Å². The number of carbonyl (C=O) groups excluding carboxylic acids is 1. The maximum atomic E-state index is 12.0. The van der Waals surface area contributed by atoms with Gasteiger partial charge >= 0.3 is 5.97 Å². The van der Waals surface area contributed by atoms with Crippen molar-refractivity contribution >= 4 is 22.8 Å². The highest BCUT2D eigenvalue weighted by atomic mass is 32.2. The molecule has 1 atom stereocenters. The predicted molar refractivity (Wildman–Crippen MR) is 74.8 cm³/mol. The van der Waals surface area contributed by atoms with Gasteiger partial charge in [-0.1, -0.05) is 18.7 Å². The van der Waals surface area contributed by atoms with E-state index in [4.69, 9.17) is 15.6 Å². The first-order valence-electron chi connectivity index (χ1n) is 5.82. The normalized spacial score (nSPS) is 11.9. The molecule has 5 nitrogen and oxygen atoms in total. The van der Waals surface area contributed by atoms with Gasteiger partial charge in [-0.05, 0) is 30.2 Å². The lowest BCUT2D eigenvalue weighted by atomic mass is 10.1. The van der Waals surface area contributed by atoms with Crippen LogP contribution in [0.4, 0.5) is 0 Å². The van der Waals surface area contributed by atoms with Gasteiger partial charge in [0.2, 0.25) is 5.12 Å². The summed E-state index contributed by atoms with van der Waals surface area (Å²) in [6.07, 6.45) is 0.698. The molecule has 1 aromatic carbocycles. The second kappa shape index (κ2) is 7.16. The van der Waals surface area contributed by atoms with Crippen molar-refractivity contribution in [3.05, 3.63) is 29.3 Å². The number of benzene rings is 1. The van der Waals surface area contributed by atoms with Crippen LogP contribution in [0.3, 0.4) is 0 Å². The zero-order valence-electron chi connectivity index (χ0n) is 10.9. The van der Waals surface area contributed by atoms with Gasteiger partial charge in [-0.15, -0.1) is 0 Å². The summed E-state index contributed by atoms with van der Waals surface area (Å²) < 4.78 is 5.11. The standard InChI is InChI=1S/C13H17NO4S/c1-3-8-6-9(18-2)4-5-10(8)13(17)19-7-11(14)12(15)16/h4-6,11H,3,7,14H2,1-2H3,(H,15,16). The van der Waals surface area contributed by atoms with Crippen molar-refractivity contribution in [2.24, 2.45) is 5.73 Å². The molecular formula is C13H17NO4S. The quantitative estimate of drug-likeness (QED) is 0.823. The number of carbonyl (C=O) groups is 2. The highest BCUT2D eigenvalue weighted by Crippen LogP contribution is 2.22. The Bertz CT molecular complexity index is 476. The van der Waals surface area contributed by atoms with Crippen LogP contribution >= 0.6 is 11.8 Å². The van der Waals surface area contributed by atoms with Gasteiger partial charge in [0, 0.05) is 11.3 Å². The molecule has 6 heteroatoms. The molecule has 104 valence electrons. The van der Waals surface area contributed by atoms with E-state index in [1.54, 1.807) is 19.2 Å². The third kappa shape index (κ3) is 4.25. The minimum atomic E-state index is -1.11. The van der Waals surface area contributed by atoms with Crippen LogP contribution in [-0.2, 0) is 11.2 Å². The smallest absolute Gasteiger partial charge is 0.321 e. The van der Waals surface area contributed by atoms with E-state index in [0.717, 1.165) is 17.3 Å². The number of thioether (sulfide) groups is 1. The predicted octanol–water partition coefficient (Wildman–Crippen LogP) is 1.54. The summed E-state index contributed by atoms with van der Waals surface area (Å²) >= 11 is 0.923. The van der Waals surface area contributed by atoms with Crippen molar-refractivity contribution in [1.82, 2.24) is 0 Å². The number of aliphatic carboxylic acids is 1. The lowest BCUT2D eigenvalue weighted by molar-refractivity contribution is -0.137. The molecule has 0 aromatic heterocycles. The van der Waals surface area contributed by atoms with Crippen LogP contribution in [0.1, 0.15) is 22.8 Å².